The van der Waals surface area contributed by atoms with Gasteiger partial charge in [0.05, 0.1) is 5.60 Å². The molecule has 3 rings (SSSR count). The smallest absolute Gasteiger partial charge is 0.136 e. The molecule has 2 saturated heterocycles. The van der Waals surface area contributed by atoms with E-state index < -0.39 is 0 Å². The first-order valence-corrected chi connectivity index (χ1v) is 9.08. The summed E-state index contributed by atoms with van der Waals surface area (Å²) < 4.78 is 6.16. The minimum atomic E-state index is 0.134. The summed E-state index contributed by atoms with van der Waals surface area (Å²) in [4.78, 5) is 12.3. The van der Waals surface area contributed by atoms with Gasteiger partial charge in [0.2, 0.25) is 0 Å². The molecule has 3 aliphatic rings. The number of hydrogen-bond acceptors (Lipinski definition) is 3. The van der Waals surface area contributed by atoms with Crippen LogP contribution in [0.15, 0.2) is 0 Å². The first kappa shape index (κ1) is 13.9. The van der Waals surface area contributed by atoms with Gasteiger partial charge in [-0.15, -0.1) is 0 Å². The molecule has 19 heavy (non-hydrogen) atoms. The number of ketones is 1. The van der Waals surface area contributed by atoms with Crippen LogP contribution in [0, 0.1) is 17.8 Å². The average Bonchev–Trinajstić information content (AvgIpc) is 2.42. The maximum atomic E-state index is 12.3. The van der Waals surface area contributed by atoms with Crippen molar-refractivity contribution in [3.8, 4) is 0 Å². The molecule has 0 aromatic heterocycles. The Kier molecular flexibility index (Phi) is 4.23. The zero-order valence-electron chi connectivity index (χ0n) is 12.0. The van der Waals surface area contributed by atoms with Crippen molar-refractivity contribution in [1.82, 2.24) is 0 Å². The number of Topliss-reactive ketones (excluding diaryl/α,β-unsaturated/α-hetero) is 1. The van der Waals surface area contributed by atoms with E-state index in [1.165, 1.54) is 24.3 Å². The summed E-state index contributed by atoms with van der Waals surface area (Å²) in [6.45, 7) is 3.19. The van der Waals surface area contributed by atoms with Crippen molar-refractivity contribution in [3.05, 3.63) is 0 Å². The lowest BCUT2D eigenvalue weighted by Crippen LogP contribution is -2.46. The molecular weight excluding hydrogens is 256 g/mol. The van der Waals surface area contributed by atoms with Crippen molar-refractivity contribution >= 4 is 17.5 Å². The van der Waals surface area contributed by atoms with Crippen LogP contribution in [0.1, 0.15) is 51.9 Å². The van der Waals surface area contributed by atoms with Crippen LogP contribution in [0.5, 0.6) is 0 Å². The Hall–Kier alpha value is -0.0200. The standard InChI is InChI=1S/C16H26O2S/c1-12-2-3-15(17)14(10-12)13-4-7-18-16(11-13)5-8-19-9-6-16/h12-14H,2-11H2,1H3. The molecule has 3 fully saturated rings. The molecule has 1 spiro atoms. The lowest BCUT2D eigenvalue weighted by molar-refractivity contribution is -0.138. The maximum Gasteiger partial charge on any atom is 0.136 e. The highest BCUT2D eigenvalue weighted by Crippen LogP contribution is 2.44. The van der Waals surface area contributed by atoms with Gasteiger partial charge in [-0.25, -0.2) is 0 Å². The third-order valence-corrected chi connectivity index (χ3v) is 6.44. The van der Waals surface area contributed by atoms with Gasteiger partial charge in [0.25, 0.3) is 0 Å². The second-order valence-electron chi connectivity index (χ2n) is 6.85. The quantitative estimate of drug-likeness (QED) is 0.734. The van der Waals surface area contributed by atoms with Crippen molar-refractivity contribution < 1.29 is 9.53 Å². The fourth-order valence-electron chi connectivity index (χ4n) is 4.21. The molecule has 108 valence electrons. The third kappa shape index (κ3) is 3.02. The first-order valence-electron chi connectivity index (χ1n) is 7.93. The van der Waals surface area contributed by atoms with E-state index in [0.29, 0.717) is 17.6 Å². The van der Waals surface area contributed by atoms with Crippen LogP contribution in [0.3, 0.4) is 0 Å². The largest absolute Gasteiger partial charge is 0.375 e. The molecule has 1 saturated carbocycles. The second-order valence-corrected chi connectivity index (χ2v) is 8.07. The van der Waals surface area contributed by atoms with Gasteiger partial charge in [-0.3, -0.25) is 4.79 Å². The lowest BCUT2D eigenvalue weighted by Gasteiger charge is -2.46. The summed E-state index contributed by atoms with van der Waals surface area (Å²) in [5, 5.41) is 0. The molecule has 0 radical (unpaired) electrons. The fourth-order valence-corrected chi connectivity index (χ4v) is 5.45. The highest BCUT2D eigenvalue weighted by molar-refractivity contribution is 7.99. The number of hydrogen-bond donors (Lipinski definition) is 0. The van der Waals surface area contributed by atoms with Gasteiger partial charge in [0, 0.05) is 18.9 Å². The number of carbonyl (C=O) groups excluding carboxylic acids is 1. The van der Waals surface area contributed by atoms with Crippen LogP contribution in [-0.4, -0.2) is 29.5 Å². The number of carbonyl (C=O) groups is 1. The Balaban J connectivity index is 1.68. The van der Waals surface area contributed by atoms with Crippen molar-refractivity contribution in [3.63, 3.8) is 0 Å². The molecule has 3 unspecified atom stereocenters. The average molecular weight is 282 g/mol. The van der Waals surface area contributed by atoms with Gasteiger partial charge in [-0.05, 0) is 61.9 Å². The lowest BCUT2D eigenvalue weighted by atomic mass is 9.68. The monoisotopic (exact) mass is 282 g/mol. The zero-order valence-corrected chi connectivity index (χ0v) is 12.8. The topological polar surface area (TPSA) is 26.3 Å². The normalized spacial score (nSPS) is 39.4. The summed E-state index contributed by atoms with van der Waals surface area (Å²) in [7, 11) is 0. The van der Waals surface area contributed by atoms with E-state index in [-0.39, 0.29) is 5.60 Å². The molecule has 0 aromatic carbocycles. The summed E-state index contributed by atoms with van der Waals surface area (Å²) in [6, 6.07) is 0. The summed E-state index contributed by atoms with van der Waals surface area (Å²) >= 11 is 2.05. The highest BCUT2D eigenvalue weighted by Gasteiger charge is 2.43. The maximum absolute atomic E-state index is 12.3. The highest BCUT2D eigenvalue weighted by atomic mass is 32.2. The van der Waals surface area contributed by atoms with Crippen LogP contribution in [-0.2, 0) is 9.53 Å². The van der Waals surface area contributed by atoms with E-state index in [0.717, 1.165) is 44.6 Å². The molecule has 1 aliphatic carbocycles. The van der Waals surface area contributed by atoms with Gasteiger partial charge in [0.15, 0.2) is 0 Å². The zero-order chi connectivity index (χ0) is 13.3. The molecule has 2 heterocycles. The van der Waals surface area contributed by atoms with Crippen molar-refractivity contribution in [2.24, 2.45) is 17.8 Å². The minimum Gasteiger partial charge on any atom is -0.375 e. The van der Waals surface area contributed by atoms with E-state index in [9.17, 15) is 4.79 Å². The van der Waals surface area contributed by atoms with Gasteiger partial charge in [0.1, 0.15) is 5.78 Å². The van der Waals surface area contributed by atoms with Crippen LogP contribution in [0.2, 0.25) is 0 Å². The molecule has 0 N–H and O–H groups in total. The Morgan fingerprint density at radius 1 is 1.26 bits per heavy atom. The van der Waals surface area contributed by atoms with E-state index >= 15 is 0 Å². The van der Waals surface area contributed by atoms with Crippen LogP contribution >= 0.6 is 11.8 Å². The predicted molar refractivity (Wildman–Crippen MR) is 79.5 cm³/mol. The Labute approximate surface area is 121 Å². The second kappa shape index (κ2) is 5.77. The molecule has 0 amide bonds. The molecule has 0 bridgehead atoms. The summed E-state index contributed by atoms with van der Waals surface area (Å²) in [6.07, 6.45) is 7.73. The molecular formula is C16H26O2S. The first-order chi connectivity index (χ1) is 9.19. The van der Waals surface area contributed by atoms with Crippen LogP contribution in [0.4, 0.5) is 0 Å². The van der Waals surface area contributed by atoms with E-state index in [1.54, 1.807) is 0 Å². The van der Waals surface area contributed by atoms with E-state index in [2.05, 4.69) is 18.7 Å². The van der Waals surface area contributed by atoms with E-state index in [1.807, 2.05) is 0 Å². The van der Waals surface area contributed by atoms with E-state index in [4.69, 9.17) is 4.74 Å². The molecule has 2 nitrogen and oxygen atoms in total. The number of ether oxygens (including phenoxy) is 1. The van der Waals surface area contributed by atoms with Gasteiger partial charge >= 0.3 is 0 Å². The van der Waals surface area contributed by atoms with Crippen LogP contribution < -0.4 is 0 Å². The Morgan fingerprint density at radius 2 is 2.05 bits per heavy atom. The third-order valence-electron chi connectivity index (χ3n) is 5.46. The van der Waals surface area contributed by atoms with Gasteiger partial charge < -0.3 is 4.74 Å². The van der Waals surface area contributed by atoms with Gasteiger partial charge in [-0.1, -0.05) is 6.92 Å². The van der Waals surface area contributed by atoms with Gasteiger partial charge in [-0.2, -0.15) is 11.8 Å². The predicted octanol–water partition coefficient (Wildman–Crippen LogP) is 3.68. The summed E-state index contributed by atoms with van der Waals surface area (Å²) in [5.41, 5.74) is 0.134. The van der Waals surface area contributed by atoms with Crippen molar-refractivity contribution in [1.29, 1.82) is 0 Å². The Bertz CT molecular complexity index is 330. The van der Waals surface area contributed by atoms with Crippen LogP contribution in [0.25, 0.3) is 0 Å². The molecule has 3 heteroatoms. The van der Waals surface area contributed by atoms with Crippen molar-refractivity contribution in [2.45, 2.75) is 57.5 Å². The molecule has 2 aliphatic heterocycles. The fraction of sp³-hybridized carbons (Fsp3) is 0.938. The SMILES string of the molecule is CC1CCC(=O)C(C2CCOC3(CCSCC3)C2)C1. The minimum absolute atomic E-state index is 0.134. The number of thioether (sulfide) groups is 1. The Morgan fingerprint density at radius 3 is 2.84 bits per heavy atom. The molecule has 0 aromatic rings. The van der Waals surface area contributed by atoms with Crippen molar-refractivity contribution in [2.75, 3.05) is 18.1 Å². The summed E-state index contributed by atoms with van der Waals surface area (Å²) in [5.74, 6) is 4.71. The molecule has 3 atom stereocenters. The number of rotatable bonds is 1.